The first-order chi connectivity index (χ1) is 10.0. The second-order valence-corrected chi connectivity index (χ2v) is 7.09. The molecule has 0 radical (unpaired) electrons. The second-order valence-electron chi connectivity index (χ2n) is 5.80. The van der Waals surface area contributed by atoms with E-state index in [2.05, 4.69) is 32.2 Å². The zero-order valence-electron chi connectivity index (χ0n) is 11.6. The maximum atomic E-state index is 10.8. The predicted octanol–water partition coefficient (Wildman–Crippen LogP) is 3.82. The summed E-state index contributed by atoms with van der Waals surface area (Å²) in [4.78, 5) is 13.2. The molecular formula is C15H18BrClN2O2. The topological polar surface area (TPSA) is 52.6 Å². The molecule has 2 aliphatic rings. The minimum absolute atomic E-state index is 0.0407. The highest BCUT2D eigenvalue weighted by molar-refractivity contribution is 9.10. The summed E-state index contributed by atoms with van der Waals surface area (Å²) in [7, 11) is 0. The highest BCUT2D eigenvalue weighted by atomic mass is 79.9. The van der Waals surface area contributed by atoms with Crippen LogP contribution < -0.4 is 5.32 Å². The Balaban J connectivity index is 1.81. The molecule has 1 heterocycles. The fraction of sp³-hybridized carbons (Fsp3) is 0.533. The van der Waals surface area contributed by atoms with Gasteiger partial charge >= 0.3 is 6.09 Å². The molecule has 114 valence electrons. The number of halogens is 2. The van der Waals surface area contributed by atoms with Crippen molar-refractivity contribution >= 4 is 33.6 Å². The van der Waals surface area contributed by atoms with Crippen molar-refractivity contribution in [2.24, 2.45) is 0 Å². The Morgan fingerprint density at radius 1 is 1.43 bits per heavy atom. The molecule has 6 heteroatoms. The first-order valence-corrected chi connectivity index (χ1v) is 8.43. The number of hydrogen-bond acceptors (Lipinski definition) is 2. The number of carbonyl (C=O) groups is 1. The van der Waals surface area contributed by atoms with E-state index in [1.165, 1.54) is 11.1 Å². The monoisotopic (exact) mass is 372 g/mol. The van der Waals surface area contributed by atoms with Crippen molar-refractivity contribution in [3.05, 3.63) is 32.8 Å². The average molecular weight is 374 g/mol. The van der Waals surface area contributed by atoms with Gasteiger partial charge in [0, 0.05) is 34.7 Å². The maximum absolute atomic E-state index is 10.8. The van der Waals surface area contributed by atoms with Crippen LogP contribution in [0, 0.1) is 0 Å². The Labute approximate surface area is 137 Å². The lowest BCUT2D eigenvalue weighted by molar-refractivity contribution is 0.185. The normalized spacial score (nSPS) is 25.6. The van der Waals surface area contributed by atoms with Crippen molar-refractivity contribution in [2.75, 3.05) is 13.1 Å². The minimum atomic E-state index is -0.932. The molecule has 0 unspecified atom stereocenters. The van der Waals surface area contributed by atoms with Gasteiger partial charge in [0.1, 0.15) is 0 Å². The summed E-state index contributed by atoms with van der Waals surface area (Å²) in [6.07, 6.45) is 3.28. The Morgan fingerprint density at radius 2 is 2.24 bits per heavy atom. The minimum Gasteiger partial charge on any atom is -0.465 e. The zero-order valence-corrected chi connectivity index (χ0v) is 14.0. The van der Waals surface area contributed by atoms with Gasteiger partial charge in [-0.15, -0.1) is 0 Å². The van der Waals surface area contributed by atoms with E-state index in [1.54, 1.807) is 0 Å². The molecular weight excluding hydrogens is 356 g/mol. The zero-order chi connectivity index (χ0) is 15.0. The van der Waals surface area contributed by atoms with Gasteiger partial charge in [-0.3, -0.25) is 4.90 Å². The second kappa shape index (κ2) is 6.15. The Bertz CT molecular complexity index is 567. The molecule has 1 aromatic rings. The van der Waals surface area contributed by atoms with E-state index in [0.29, 0.717) is 6.04 Å². The SMILES string of the molecule is O=C(O)N[C@@H]1CCN([C@H]2CCCc3cc(Cl)cc(Br)c32)C1. The lowest BCUT2D eigenvalue weighted by Gasteiger charge is -2.34. The van der Waals surface area contributed by atoms with Crippen molar-refractivity contribution in [3.63, 3.8) is 0 Å². The molecule has 2 N–H and O–H groups in total. The van der Waals surface area contributed by atoms with Crippen LogP contribution in [0.15, 0.2) is 16.6 Å². The van der Waals surface area contributed by atoms with E-state index in [4.69, 9.17) is 16.7 Å². The van der Waals surface area contributed by atoms with E-state index in [-0.39, 0.29) is 6.04 Å². The Hall–Kier alpha value is -0.780. The largest absolute Gasteiger partial charge is 0.465 e. The van der Waals surface area contributed by atoms with E-state index in [0.717, 1.165) is 48.3 Å². The molecule has 1 aromatic carbocycles. The third-order valence-electron chi connectivity index (χ3n) is 4.42. The highest BCUT2D eigenvalue weighted by Gasteiger charge is 2.33. The molecule has 0 aromatic heterocycles. The van der Waals surface area contributed by atoms with Gasteiger partial charge in [0.25, 0.3) is 0 Å². The molecule has 4 nitrogen and oxygen atoms in total. The van der Waals surface area contributed by atoms with E-state index in [9.17, 15) is 4.79 Å². The lowest BCUT2D eigenvalue weighted by atomic mass is 9.87. The molecule has 3 rings (SSSR count). The van der Waals surface area contributed by atoms with Gasteiger partial charge in [0.05, 0.1) is 0 Å². The van der Waals surface area contributed by atoms with Crippen LogP contribution >= 0.6 is 27.5 Å². The van der Waals surface area contributed by atoms with Crippen molar-refractivity contribution in [3.8, 4) is 0 Å². The first kappa shape index (κ1) is 15.1. The number of likely N-dealkylation sites (tertiary alicyclic amines) is 1. The van der Waals surface area contributed by atoms with Crippen LogP contribution in [0.2, 0.25) is 5.02 Å². The number of aryl methyl sites for hydroxylation is 1. The fourth-order valence-electron chi connectivity index (χ4n) is 3.58. The molecule has 1 amide bonds. The molecule has 0 bridgehead atoms. The molecule has 21 heavy (non-hydrogen) atoms. The van der Waals surface area contributed by atoms with E-state index < -0.39 is 6.09 Å². The summed E-state index contributed by atoms with van der Waals surface area (Å²) in [6.45, 7) is 1.72. The van der Waals surface area contributed by atoms with Crippen LogP contribution in [-0.4, -0.2) is 35.2 Å². The van der Waals surface area contributed by atoms with Crippen molar-refractivity contribution in [1.29, 1.82) is 0 Å². The Kier molecular flexibility index (Phi) is 4.43. The third kappa shape index (κ3) is 3.20. The van der Waals surface area contributed by atoms with Crippen LogP contribution in [-0.2, 0) is 6.42 Å². The third-order valence-corrected chi connectivity index (χ3v) is 5.30. The first-order valence-electron chi connectivity index (χ1n) is 7.26. The molecule has 1 fully saturated rings. The van der Waals surface area contributed by atoms with Crippen molar-refractivity contribution in [1.82, 2.24) is 10.2 Å². The smallest absolute Gasteiger partial charge is 0.404 e. The summed E-state index contributed by atoms with van der Waals surface area (Å²) >= 11 is 9.81. The summed E-state index contributed by atoms with van der Waals surface area (Å²) in [5.74, 6) is 0. The van der Waals surface area contributed by atoms with E-state index >= 15 is 0 Å². The lowest BCUT2D eigenvalue weighted by Crippen LogP contribution is -2.37. The maximum Gasteiger partial charge on any atom is 0.404 e. The number of hydrogen-bond donors (Lipinski definition) is 2. The summed E-state index contributed by atoms with van der Waals surface area (Å²) in [5.41, 5.74) is 2.65. The Morgan fingerprint density at radius 3 is 3.00 bits per heavy atom. The average Bonchev–Trinajstić information content (AvgIpc) is 2.85. The van der Waals surface area contributed by atoms with Gasteiger partial charge in [-0.05, 0) is 48.9 Å². The van der Waals surface area contributed by atoms with E-state index in [1.807, 2.05) is 6.07 Å². The van der Waals surface area contributed by atoms with Gasteiger partial charge in [-0.25, -0.2) is 4.79 Å². The number of benzene rings is 1. The fourth-order valence-corrected chi connectivity index (χ4v) is 4.71. The van der Waals surface area contributed by atoms with Gasteiger partial charge in [-0.2, -0.15) is 0 Å². The molecule has 0 spiro atoms. The summed E-state index contributed by atoms with van der Waals surface area (Å²) in [6, 6.07) is 4.43. The number of fused-ring (bicyclic) bond motifs is 1. The number of rotatable bonds is 2. The molecule has 0 saturated carbocycles. The van der Waals surface area contributed by atoms with Crippen molar-refractivity contribution in [2.45, 2.75) is 37.8 Å². The van der Waals surface area contributed by atoms with Gasteiger partial charge < -0.3 is 10.4 Å². The van der Waals surface area contributed by atoms with Crippen LogP contribution in [0.3, 0.4) is 0 Å². The molecule has 2 atom stereocenters. The van der Waals surface area contributed by atoms with Crippen LogP contribution in [0.25, 0.3) is 0 Å². The predicted molar refractivity (Wildman–Crippen MR) is 86.0 cm³/mol. The number of amides is 1. The number of nitrogens with zero attached hydrogens (tertiary/aromatic N) is 1. The quantitative estimate of drug-likeness (QED) is 0.828. The van der Waals surface area contributed by atoms with Crippen molar-refractivity contribution < 1.29 is 9.90 Å². The standard InChI is InChI=1S/C15H18BrClN2O2/c16-12-7-10(17)6-9-2-1-3-13(14(9)12)19-5-4-11(8-19)18-15(20)21/h6-7,11,13,18H,1-5,8H2,(H,20,21)/t11-,13+/m1/s1. The molecule has 1 saturated heterocycles. The van der Waals surface area contributed by atoms with Gasteiger partial charge in [-0.1, -0.05) is 27.5 Å². The highest BCUT2D eigenvalue weighted by Crippen LogP contribution is 2.41. The van der Waals surface area contributed by atoms with Gasteiger partial charge in [0.2, 0.25) is 0 Å². The number of carboxylic acid groups (broad SMARTS) is 1. The molecule has 1 aliphatic heterocycles. The number of nitrogens with one attached hydrogen (secondary N) is 1. The van der Waals surface area contributed by atoms with Crippen LogP contribution in [0.1, 0.15) is 36.4 Å². The van der Waals surface area contributed by atoms with Crippen LogP contribution in [0.4, 0.5) is 4.79 Å². The molecule has 1 aliphatic carbocycles. The summed E-state index contributed by atoms with van der Waals surface area (Å²) < 4.78 is 1.07. The van der Waals surface area contributed by atoms with Crippen LogP contribution in [0.5, 0.6) is 0 Å². The summed E-state index contributed by atoms with van der Waals surface area (Å²) in [5, 5.41) is 12.2. The van der Waals surface area contributed by atoms with Gasteiger partial charge in [0.15, 0.2) is 0 Å².